The van der Waals surface area contributed by atoms with Crippen LogP contribution >= 0.6 is 11.8 Å². The van der Waals surface area contributed by atoms with Crippen molar-refractivity contribution < 1.29 is 14.0 Å². The summed E-state index contributed by atoms with van der Waals surface area (Å²) in [4.78, 5) is 28.0. The van der Waals surface area contributed by atoms with E-state index in [9.17, 15) is 14.0 Å². The van der Waals surface area contributed by atoms with Crippen LogP contribution in [-0.4, -0.2) is 11.6 Å². The first-order chi connectivity index (χ1) is 13.7. The number of allylic oxidation sites excluding steroid dienone is 1. The van der Waals surface area contributed by atoms with Crippen LogP contribution in [0, 0.1) is 11.7 Å². The van der Waals surface area contributed by atoms with Crippen LogP contribution in [0.15, 0.2) is 46.9 Å². The highest BCUT2D eigenvalue weighted by Gasteiger charge is 2.39. The highest BCUT2D eigenvalue weighted by atomic mass is 32.2. The van der Waals surface area contributed by atoms with E-state index in [2.05, 4.69) is 19.9 Å². The van der Waals surface area contributed by atoms with Crippen LogP contribution in [0.3, 0.4) is 0 Å². The Hall–Kier alpha value is -2.20. The van der Waals surface area contributed by atoms with Crippen LogP contribution in [0.4, 0.5) is 4.39 Å². The zero-order valence-corrected chi connectivity index (χ0v) is 18.1. The van der Waals surface area contributed by atoms with Crippen molar-refractivity contribution in [3.8, 4) is 0 Å². The highest BCUT2D eigenvalue weighted by molar-refractivity contribution is 8.08. The minimum Gasteiger partial charge on any atom is -0.285 e. The molecule has 0 N–H and O–H groups in total. The lowest BCUT2D eigenvalue weighted by atomic mass is 9.69. The third kappa shape index (κ3) is 3.38. The summed E-state index contributed by atoms with van der Waals surface area (Å²) in [5, 5.41) is 0. The molecule has 0 amide bonds. The van der Waals surface area contributed by atoms with Gasteiger partial charge in [-0.05, 0) is 66.0 Å². The average molecular weight is 409 g/mol. The molecule has 0 unspecified atom stereocenters. The molecule has 2 aromatic rings. The summed E-state index contributed by atoms with van der Waals surface area (Å²) in [7, 11) is 0. The fourth-order valence-corrected chi connectivity index (χ4v) is 5.80. The molecule has 4 rings (SSSR count). The Balaban J connectivity index is 1.95. The molecule has 0 saturated carbocycles. The predicted molar refractivity (Wildman–Crippen MR) is 116 cm³/mol. The van der Waals surface area contributed by atoms with Crippen molar-refractivity contribution in [2.45, 2.75) is 57.3 Å². The maximum absolute atomic E-state index is 13.4. The Morgan fingerprint density at radius 3 is 2.34 bits per heavy atom. The van der Waals surface area contributed by atoms with Gasteiger partial charge >= 0.3 is 0 Å². The molecule has 2 aliphatic carbocycles. The van der Waals surface area contributed by atoms with Crippen molar-refractivity contribution in [3.05, 3.63) is 70.0 Å². The maximum Gasteiger partial charge on any atom is 0.234 e. The molecule has 0 bridgehead atoms. The van der Waals surface area contributed by atoms with E-state index >= 15 is 0 Å². The summed E-state index contributed by atoms with van der Waals surface area (Å²) in [6.45, 7) is 8.29. The third-order valence-corrected chi connectivity index (χ3v) is 7.20. The second-order valence-electron chi connectivity index (χ2n) is 8.86. The minimum atomic E-state index is -0.395. The number of Topliss-reactive ketones (excluding diaryl/α,β-unsaturated/α-hetero) is 2. The Morgan fingerprint density at radius 2 is 1.69 bits per heavy atom. The molecule has 0 aromatic heterocycles. The molecule has 2 nitrogen and oxygen atoms in total. The largest absolute Gasteiger partial charge is 0.285 e. The molecule has 2 aromatic carbocycles. The first kappa shape index (κ1) is 20.1. The SMILES string of the molecule is CC(C)C1=C(Sc2ccc(F)cc2)c2ccc3c(c2C(=O)C1=O)CCCC3(C)C. The Bertz CT molecular complexity index is 1050. The normalized spacial score (nSPS) is 18.1. The molecule has 0 atom stereocenters. The number of fused-ring (bicyclic) bond motifs is 3. The minimum absolute atomic E-state index is 0.00174. The lowest BCUT2D eigenvalue weighted by molar-refractivity contribution is -0.112. The number of benzene rings is 2. The summed E-state index contributed by atoms with van der Waals surface area (Å²) in [5.74, 6) is -1.13. The van der Waals surface area contributed by atoms with Gasteiger partial charge in [-0.15, -0.1) is 0 Å². The van der Waals surface area contributed by atoms with Gasteiger partial charge in [0, 0.05) is 26.5 Å². The van der Waals surface area contributed by atoms with Gasteiger partial charge in [0.25, 0.3) is 0 Å². The van der Waals surface area contributed by atoms with Crippen LogP contribution in [0.5, 0.6) is 0 Å². The van der Waals surface area contributed by atoms with Crippen molar-refractivity contribution in [3.63, 3.8) is 0 Å². The first-order valence-corrected chi connectivity index (χ1v) is 11.0. The van der Waals surface area contributed by atoms with E-state index in [-0.39, 0.29) is 22.9 Å². The number of thioether (sulfide) groups is 1. The predicted octanol–water partition coefficient (Wildman–Crippen LogP) is 6.36. The summed E-state index contributed by atoms with van der Waals surface area (Å²) in [6.07, 6.45) is 2.91. The molecule has 0 radical (unpaired) electrons. The quantitative estimate of drug-likeness (QED) is 0.554. The van der Waals surface area contributed by atoms with E-state index in [4.69, 9.17) is 0 Å². The van der Waals surface area contributed by atoms with E-state index in [1.54, 1.807) is 12.1 Å². The number of carbonyl (C=O) groups is 2. The van der Waals surface area contributed by atoms with E-state index in [0.29, 0.717) is 11.1 Å². The monoisotopic (exact) mass is 408 g/mol. The van der Waals surface area contributed by atoms with Gasteiger partial charge in [-0.3, -0.25) is 9.59 Å². The van der Waals surface area contributed by atoms with Gasteiger partial charge in [0.05, 0.1) is 0 Å². The van der Waals surface area contributed by atoms with Crippen molar-refractivity contribution in [1.29, 1.82) is 0 Å². The van der Waals surface area contributed by atoms with E-state index in [1.807, 2.05) is 19.9 Å². The summed E-state index contributed by atoms with van der Waals surface area (Å²) < 4.78 is 13.4. The fourth-order valence-electron chi connectivity index (χ4n) is 4.57. The van der Waals surface area contributed by atoms with Gasteiger partial charge < -0.3 is 0 Å². The third-order valence-electron chi connectivity index (χ3n) is 6.05. The average Bonchev–Trinajstić information content (AvgIpc) is 2.66. The first-order valence-electron chi connectivity index (χ1n) is 10.1. The lowest BCUT2D eigenvalue weighted by Crippen LogP contribution is -2.31. The Kier molecular flexibility index (Phi) is 5.02. The second kappa shape index (κ2) is 7.24. The van der Waals surface area contributed by atoms with E-state index in [1.165, 1.54) is 29.5 Å². The highest BCUT2D eigenvalue weighted by Crippen LogP contribution is 2.47. The molecule has 2 aliphatic rings. The fraction of sp³-hybridized carbons (Fsp3) is 0.360. The van der Waals surface area contributed by atoms with Crippen molar-refractivity contribution in [2.75, 3.05) is 0 Å². The maximum atomic E-state index is 13.4. The molecule has 4 heteroatoms. The van der Waals surface area contributed by atoms with Gasteiger partial charge in [-0.1, -0.05) is 51.6 Å². The lowest BCUT2D eigenvalue weighted by Gasteiger charge is -2.35. The summed E-state index contributed by atoms with van der Waals surface area (Å²) >= 11 is 1.45. The molecular weight excluding hydrogens is 383 g/mol. The number of rotatable bonds is 3. The molecule has 29 heavy (non-hydrogen) atoms. The van der Waals surface area contributed by atoms with Gasteiger partial charge in [0.2, 0.25) is 11.6 Å². The van der Waals surface area contributed by atoms with Gasteiger partial charge in [-0.25, -0.2) is 4.39 Å². The topological polar surface area (TPSA) is 34.1 Å². The van der Waals surface area contributed by atoms with E-state index in [0.717, 1.165) is 40.2 Å². The molecule has 0 heterocycles. The molecular formula is C25H25FO2S. The molecule has 150 valence electrons. The van der Waals surface area contributed by atoms with Gasteiger partial charge in [-0.2, -0.15) is 0 Å². The van der Waals surface area contributed by atoms with Crippen molar-refractivity contribution in [1.82, 2.24) is 0 Å². The zero-order chi connectivity index (χ0) is 20.9. The number of ketones is 2. The van der Waals surface area contributed by atoms with Crippen molar-refractivity contribution >= 4 is 28.2 Å². The number of hydrogen-bond donors (Lipinski definition) is 0. The molecule has 0 saturated heterocycles. The Morgan fingerprint density at radius 1 is 1.00 bits per heavy atom. The summed E-state index contributed by atoms with van der Waals surface area (Å²) in [5.41, 5.74) is 4.23. The Labute approximate surface area is 175 Å². The standard InChI is InChI=1S/C25H25FO2S/c1-14(2)20-22(27)23(28)21-17-6-5-13-25(3,4)19(17)12-11-18(21)24(20)29-16-9-7-15(26)8-10-16/h7-12,14H,5-6,13H2,1-4H3. The van der Waals surface area contributed by atoms with Gasteiger partial charge in [0.1, 0.15) is 5.82 Å². The summed E-state index contributed by atoms with van der Waals surface area (Å²) in [6, 6.07) is 10.4. The van der Waals surface area contributed by atoms with Crippen LogP contribution in [-0.2, 0) is 16.6 Å². The number of carbonyl (C=O) groups excluding carboxylic acids is 2. The van der Waals surface area contributed by atoms with Crippen LogP contribution in [0.2, 0.25) is 0 Å². The molecule has 0 spiro atoms. The van der Waals surface area contributed by atoms with Crippen LogP contribution in [0.1, 0.15) is 67.6 Å². The zero-order valence-electron chi connectivity index (χ0n) is 17.3. The van der Waals surface area contributed by atoms with Crippen LogP contribution in [0.25, 0.3) is 4.91 Å². The van der Waals surface area contributed by atoms with Crippen molar-refractivity contribution in [2.24, 2.45) is 5.92 Å². The van der Waals surface area contributed by atoms with Crippen LogP contribution < -0.4 is 0 Å². The van der Waals surface area contributed by atoms with Gasteiger partial charge in [0.15, 0.2) is 0 Å². The smallest absolute Gasteiger partial charge is 0.234 e. The molecule has 0 aliphatic heterocycles. The molecule has 0 fully saturated rings. The number of halogens is 1. The number of hydrogen-bond acceptors (Lipinski definition) is 3. The van der Waals surface area contributed by atoms with E-state index < -0.39 is 5.78 Å². The second-order valence-corrected chi connectivity index (χ2v) is 9.95.